The lowest BCUT2D eigenvalue weighted by atomic mass is 10.0. The maximum Gasteiger partial charge on any atom is 0.180 e. The smallest absolute Gasteiger partial charge is 0.180 e. The highest BCUT2D eigenvalue weighted by Crippen LogP contribution is 2.32. The van der Waals surface area contributed by atoms with Crippen LogP contribution in [0.1, 0.15) is 29.1 Å². The summed E-state index contributed by atoms with van der Waals surface area (Å²) in [6.45, 7) is 4.54. The maximum atomic E-state index is 5.66. The second-order valence-electron chi connectivity index (χ2n) is 4.69. The molecule has 0 saturated carbocycles. The molecule has 0 spiro atoms. The lowest BCUT2D eigenvalue weighted by Gasteiger charge is -2.33. The Kier molecular flexibility index (Phi) is 3.37. The quantitative estimate of drug-likeness (QED) is 0.939. The van der Waals surface area contributed by atoms with Gasteiger partial charge in [-0.05, 0) is 30.4 Å². The molecule has 0 saturated heterocycles. The van der Waals surface area contributed by atoms with Crippen LogP contribution >= 0.6 is 22.7 Å². The largest absolute Gasteiger partial charge is 0.375 e. The van der Waals surface area contributed by atoms with Crippen molar-refractivity contribution in [1.82, 2.24) is 9.88 Å². The number of hydrogen-bond donors (Lipinski definition) is 1. The summed E-state index contributed by atoms with van der Waals surface area (Å²) < 4.78 is 0. The molecule has 0 amide bonds. The highest BCUT2D eigenvalue weighted by Gasteiger charge is 2.24. The summed E-state index contributed by atoms with van der Waals surface area (Å²) in [5, 5.41) is 4.96. The maximum absolute atomic E-state index is 5.66. The highest BCUT2D eigenvalue weighted by atomic mass is 32.1. The van der Waals surface area contributed by atoms with Crippen LogP contribution < -0.4 is 5.73 Å². The summed E-state index contributed by atoms with van der Waals surface area (Å²) in [4.78, 5) is 8.44. The molecule has 3 nitrogen and oxygen atoms in total. The number of anilines is 1. The molecular weight excluding hydrogens is 262 g/mol. The average Bonchev–Trinajstić information content (AvgIpc) is 2.97. The van der Waals surface area contributed by atoms with Gasteiger partial charge in [-0.2, -0.15) is 0 Å². The van der Waals surface area contributed by atoms with Gasteiger partial charge in [0.05, 0.1) is 5.69 Å². The normalized spacial score (nSPS) is 19.9. The third kappa shape index (κ3) is 2.30. The van der Waals surface area contributed by atoms with Crippen LogP contribution in [-0.2, 0) is 12.8 Å². The van der Waals surface area contributed by atoms with Crippen molar-refractivity contribution in [3.63, 3.8) is 0 Å². The van der Waals surface area contributed by atoms with Crippen molar-refractivity contribution in [3.8, 4) is 0 Å². The van der Waals surface area contributed by atoms with Gasteiger partial charge in [-0.15, -0.1) is 22.7 Å². The van der Waals surface area contributed by atoms with Gasteiger partial charge < -0.3 is 5.73 Å². The fourth-order valence-corrected chi connectivity index (χ4v) is 4.12. The van der Waals surface area contributed by atoms with E-state index in [0.717, 1.165) is 25.2 Å². The van der Waals surface area contributed by atoms with E-state index in [4.69, 9.17) is 5.73 Å². The van der Waals surface area contributed by atoms with Crippen LogP contribution in [0.2, 0.25) is 0 Å². The molecule has 2 aromatic heterocycles. The summed E-state index contributed by atoms with van der Waals surface area (Å²) in [7, 11) is 0. The van der Waals surface area contributed by atoms with Crippen LogP contribution in [0.25, 0.3) is 0 Å². The molecule has 1 aliphatic heterocycles. The van der Waals surface area contributed by atoms with Crippen molar-refractivity contribution in [2.75, 3.05) is 18.8 Å². The molecule has 5 heteroatoms. The Morgan fingerprint density at radius 3 is 3.17 bits per heavy atom. The standard InChI is InChI=1S/C13H17N3S2/c1-9-11-4-7-17-12(11)3-6-16(9)5-2-10-8-18-13(14)15-10/h4,7-9H,2-3,5-6H2,1H3,(H2,14,15). The third-order valence-electron chi connectivity index (χ3n) is 3.63. The minimum atomic E-state index is 0.538. The second kappa shape index (κ2) is 4.99. The number of hydrogen-bond acceptors (Lipinski definition) is 5. The zero-order chi connectivity index (χ0) is 12.5. The number of nitrogens with zero attached hydrogens (tertiary/aromatic N) is 2. The number of thiophene rings is 1. The van der Waals surface area contributed by atoms with Crippen molar-refractivity contribution < 1.29 is 0 Å². The fraction of sp³-hybridized carbons (Fsp3) is 0.462. The van der Waals surface area contributed by atoms with Gasteiger partial charge in [0.2, 0.25) is 0 Å². The highest BCUT2D eigenvalue weighted by molar-refractivity contribution is 7.13. The van der Waals surface area contributed by atoms with Gasteiger partial charge in [-0.1, -0.05) is 0 Å². The second-order valence-corrected chi connectivity index (χ2v) is 6.58. The molecule has 1 aliphatic rings. The summed E-state index contributed by atoms with van der Waals surface area (Å²) >= 11 is 3.43. The molecule has 96 valence electrons. The molecule has 0 fully saturated rings. The molecule has 0 aromatic carbocycles. The van der Waals surface area contributed by atoms with Crippen molar-refractivity contribution in [2.45, 2.75) is 25.8 Å². The number of nitrogen functional groups attached to an aromatic ring is 1. The molecule has 3 heterocycles. The summed E-state index contributed by atoms with van der Waals surface area (Å²) in [6, 6.07) is 2.81. The predicted molar refractivity (Wildman–Crippen MR) is 78.2 cm³/mol. The Morgan fingerprint density at radius 1 is 1.50 bits per heavy atom. The van der Waals surface area contributed by atoms with Gasteiger partial charge in [0.25, 0.3) is 0 Å². The minimum absolute atomic E-state index is 0.538. The number of thiazole rings is 1. The van der Waals surface area contributed by atoms with Crippen molar-refractivity contribution in [1.29, 1.82) is 0 Å². The topological polar surface area (TPSA) is 42.1 Å². The molecule has 18 heavy (non-hydrogen) atoms. The van der Waals surface area contributed by atoms with E-state index in [1.807, 2.05) is 11.3 Å². The molecule has 1 unspecified atom stereocenters. The number of aromatic nitrogens is 1. The molecule has 2 N–H and O–H groups in total. The average molecular weight is 279 g/mol. The van der Waals surface area contributed by atoms with E-state index in [9.17, 15) is 0 Å². The van der Waals surface area contributed by atoms with Gasteiger partial charge in [0.15, 0.2) is 5.13 Å². The number of fused-ring (bicyclic) bond motifs is 1. The monoisotopic (exact) mass is 279 g/mol. The Bertz CT molecular complexity index is 532. The van der Waals surface area contributed by atoms with E-state index < -0.39 is 0 Å². The van der Waals surface area contributed by atoms with Crippen LogP contribution in [0.4, 0.5) is 5.13 Å². The van der Waals surface area contributed by atoms with E-state index in [-0.39, 0.29) is 0 Å². The first-order valence-corrected chi connectivity index (χ1v) is 8.00. The SMILES string of the molecule is CC1c2ccsc2CCN1CCc1csc(N)n1. The summed E-state index contributed by atoms with van der Waals surface area (Å²) in [6.07, 6.45) is 2.19. The van der Waals surface area contributed by atoms with Gasteiger partial charge in [0, 0.05) is 35.8 Å². The molecule has 0 radical (unpaired) electrons. The van der Waals surface area contributed by atoms with E-state index in [1.54, 1.807) is 4.88 Å². The van der Waals surface area contributed by atoms with Gasteiger partial charge >= 0.3 is 0 Å². The van der Waals surface area contributed by atoms with Crippen molar-refractivity contribution in [3.05, 3.63) is 33.0 Å². The molecule has 0 bridgehead atoms. The van der Waals surface area contributed by atoms with E-state index >= 15 is 0 Å². The van der Waals surface area contributed by atoms with Gasteiger partial charge in [0.1, 0.15) is 0 Å². The molecule has 1 atom stereocenters. The Labute approximate surface area is 115 Å². The van der Waals surface area contributed by atoms with Crippen LogP contribution in [0, 0.1) is 0 Å². The van der Waals surface area contributed by atoms with Crippen molar-refractivity contribution >= 4 is 27.8 Å². The molecule has 3 rings (SSSR count). The lowest BCUT2D eigenvalue weighted by molar-refractivity contribution is 0.202. The van der Waals surface area contributed by atoms with E-state index in [0.29, 0.717) is 11.2 Å². The summed E-state index contributed by atoms with van der Waals surface area (Å²) in [5.41, 5.74) is 8.30. The Hall–Kier alpha value is -0.910. The first-order chi connectivity index (χ1) is 8.74. The fourth-order valence-electron chi connectivity index (χ4n) is 2.56. The van der Waals surface area contributed by atoms with E-state index in [2.05, 4.69) is 33.6 Å². The first-order valence-electron chi connectivity index (χ1n) is 6.24. The van der Waals surface area contributed by atoms with Crippen LogP contribution in [0.15, 0.2) is 16.8 Å². The zero-order valence-electron chi connectivity index (χ0n) is 10.4. The van der Waals surface area contributed by atoms with Crippen LogP contribution in [0.3, 0.4) is 0 Å². The molecule has 0 aliphatic carbocycles. The van der Waals surface area contributed by atoms with E-state index in [1.165, 1.54) is 23.3 Å². The Morgan fingerprint density at radius 2 is 2.39 bits per heavy atom. The number of nitrogens with two attached hydrogens (primary N) is 1. The number of rotatable bonds is 3. The zero-order valence-corrected chi connectivity index (χ0v) is 12.1. The van der Waals surface area contributed by atoms with Gasteiger partial charge in [-0.25, -0.2) is 4.98 Å². The van der Waals surface area contributed by atoms with Crippen LogP contribution in [-0.4, -0.2) is 23.0 Å². The minimum Gasteiger partial charge on any atom is -0.375 e. The summed E-state index contributed by atoms with van der Waals surface area (Å²) in [5.74, 6) is 0. The first kappa shape index (κ1) is 12.1. The molecular formula is C13H17N3S2. The van der Waals surface area contributed by atoms with Crippen molar-refractivity contribution in [2.24, 2.45) is 0 Å². The van der Waals surface area contributed by atoms with Gasteiger partial charge in [-0.3, -0.25) is 4.90 Å². The Balaban J connectivity index is 1.64. The third-order valence-corrected chi connectivity index (χ3v) is 5.35. The molecule has 2 aromatic rings. The predicted octanol–water partition coefficient (Wildman–Crippen LogP) is 2.95. The lowest BCUT2D eigenvalue weighted by Crippen LogP contribution is -2.34. The van der Waals surface area contributed by atoms with Crippen LogP contribution in [0.5, 0.6) is 0 Å².